The van der Waals surface area contributed by atoms with Gasteiger partial charge >= 0.3 is 0 Å². The van der Waals surface area contributed by atoms with Crippen molar-refractivity contribution < 1.29 is 14.2 Å². The summed E-state index contributed by atoms with van der Waals surface area (Å²) in [5, 5.41) is 14.4. The average molecular weight is 291 g/mol. The maximum Gasteiger partial charge on any atom is 0.138 e. The molecular formula is C15H18FN3O2. The second kappa shape index (κ2) is 5.83. The number of likely N-dealkylation sites (tertiary alicyclic amines) is 1. The standard InChI is InChI=1S/C15H18FN3O2/c1-18-6-5-12(17-18)8-19-9-14(20)15(10-19)21-13-4-2-3-11(16)7-13/h2-7,14-15,20H,8-10H2,1H3/t14-,15-/m1/s1. The number of rotatable bonds is 4. The number of β-amino-alcohol motifs (C(OH)–C–C–N with tert-alkyl or cyclic N) is 1. The van der Waals surface area contributed by atoms with Crippen LogP contribution in [0.3, 0.4) is 0 Å². The van der Waals surface area contributed by atoms with E-state index in [1.165, 1.54) is 12.1 Å². The van der Waals surface area contributed by atoms with Crippen molar-refractivity contribution in [2.75, 3.05) is 13.1 Å². The lowest BCUT2D eigenvalue weighted by atomic mass is 10.2. The van der Waals surface area contributed by atoms with E-state index in [-0.39, 0.29) is 11.9 Å². The van der Waals surface area contributed by atoms with Gasteiger partial charge in [0.1, 0.15) is 23.8 Å². The Balaban J connectivity index is 1.60. The number of halogens is 1. The van der Waals surface area contributed by atoms with Crippen LogP contribution in [0.15, 0.2) is 36.5 Å². The lowest BCUT2D eigenvalue weighted by Gasteiger charge is -2.16. The molecule has 5 nitrogen and oxygen atoms in total. The fraction of sp³-hybridized carbons (Fsp3) is 0.400. The number of hydrogen-bond donors (Lipinski definition) is 1. The third-order valence-corrected chi connectivity index (χ3v) is 3.55. The number of hydrogen-bond acceptors (Lipinski definition) is 4. The molecule has 2 aromatic rings. The summed E-state index contributed by atoms with van der Waals surface area (Å²) >= 11 is 0. The van der Waals surface area contributed by atoms with Crippen LogP contribution < -0.4 is 4.74 Å². The zero-order valence-corrected chi connectivity index (χ0v) is 11.8. The van der Waals surface area contributed by atoms with Crippen molar-refractivity contribution in [1.82, 2.24) is 14.7 Å². The Morgan fingerprint density at radius 1 is 1.38 bits per heavy atom. The lowest BCUT2D eigenvalue weighted by Crippen LogP contribution is -2.29. The second-order valence-corrected chi connectivity index (χ2v) is 5.36. The first-order valence-electron chi connectivity index (χ1n) is 6.91. The van der Waals surface area contributed by atoms with Gasteiger partial charge in [0.25, 0.3) is 0 Å². The molecule has 1 aliphatic heterocycles. The zero-order chi connectivity index (χ0) is 14.8. The van der Waals surface area contributed by atoms with E-state index in [9.17, 15) is 9.50 Å². The lowest BCUT2D eigenvalue weighted by molar-refractivity contribution is 0.0734. The normalized spacial score (nSPS) is 22.6. The minimum absolute atomic E-state index is 0.342. The topological polar surface area (TPSA) is 50.5 Å². The van der Waals surface area contributed by atoms with Crippen LogP contribution in [0.5, 0.6) is 5.75 Å². The third-order valence-electron chi connectivity index (χ3n) is 3.55. The summed E-state index contributed by atoms with van der Waals surface area (Å²) in [7, 11) is 1.87. The fourth-order valence-corrected chi connectivity index (χ4v) is 2.57. The number of aliphatic hydroxyl groups excluding tert-OH is 1. The van der Waals surface area contributed by atoms with E-state index in [1.54, 1.807) is 16.8 Å². The van der Waals surface area contributed by atoms with Crippen LogP contribution in [-0.2, 0) is 13.6 Å². The predicted octanol–water partition coefficient (Wildman–Crippen LogP) is 1.18. The highest BCUT2D eigenvalue weighted by atomic mass is 19.1. The molecule has 2 atom stereocenters. The van der Waals surface area contributed by atoms with Gasteiger partial charge in [0, 0.05) is 38.9 Å². The summed E-state index contributed by atoms with van der Waals surface area (Å²) in [6.45, 7) is 1.78. The molecule has 0 unspecified atom stereocenters. The summed E-state index contributed by atoms with van der Waals surface area (Å²) in [5.74, 6) is 0.101. The van der Waals surface area contributed by atoms with Gasteiger partial charge in [-0.25, -0.2) is 4.39 Å². The molecule has 21 heavy (non-hydrogen) atoms. The highest BCUT2D eigenvalue weighted by Crippen LogP contribution is 2.20. The van der Waals surface area contributed by atoms with Crippen molar-refractivity contribution in [3.05, 3.63) is 48.0 Å². The molecule has 1 aliphatic rings. The van der Waals surface area contributed by atoms with Gasteiger partial charge in [-0.2, -0.15) is 5.10 Å². The molecule has 112 valence electrons. The number of benzene rings is 1. The van der Waals surface area contributed by atoms with Gasteiger partial charge in [0.2, 0.25) is 0 Å². The number of aromatic nitrogens is 2. The largest absolute Gasteiger partial charge is 0.486 e. The van der Waals surface area contributed by atoms with E-state index in [0.29, 0.717) is 25.4 Å². The summed E-state index contributed by atoms with van der Waals surface area (Å²) in [6.07, 6.45) is 0.954. The van der Waals surface area contributed by atoms with Crippen molar-refractivity contribution >= 4 is 0 Å². The van der Waals surface area contributed by atoms with E-state index in [0.717, 1.165) is 5.69 Å². The highest BCUT2D eigenvalue weighted by Gasteiger charge is 2.33. The van der Waals surface area contributed by atoms with Crippen molar-refractivity contribution in [1.29, 1.82) is 0 Å². The molecule has 6 heteroatoms. The van der Waals surface area contributed by atoms with Crippen molar-refractivity contribution in [2.45, 2.75) is 18.8 Å². The molecule has 1 N–H and O–H groups in total. The minimum atomic E-state index is -0.586. The molecule has 1 fully saturated rings. The molecule has 0 radical (unpaired) electrons. The van der Waals surface area contributed by atoms with Crippen molar-refractivity contribution in [3.63, 3.8) is 0 Å². The van der Waals surface area contributed by atoms with Crippen LogP contribution in [0.4, 0.5) is 4.39 Å². The molecule has 0 amide bonds. The maximum absolute atomic E-state index is 13.1. The van der Waals surface area contributed by atoms with Crippen LogP contribution in [0.1, 0.15) is 5.69 Å². The maximum atomic E-state index is 13.1. The fourth-order valence-electron chi connectivity index (χ4n) is 2.57. The predicted molar refractivity (Wildman–Crippen MR) is 75.3 cm³/mol. The smallest absolute Gasteiger partial charge is 0.138 e. The molecular weight excluding hydrogens is 273 g/mol. The Labute approximate surface area is 122 Å². The van der Waals surface area contributed by atoms with Gasteiger partial charge in [-0.3, -0.25) is 9.58 Å². The van der Waals surface area contributed by atoms with E-state index < -0.39 is 6.10 Å². The highest BCUT2D eigenvalue weighted by molar-refractivity contribution is 5.23. The van der Waals surface area contributed by atoms with Gasteiger partial charge in [0.05, 0.1) is 5.69 Å². The first kappa shape index (κ1) is 14.0. The van der Waals surface area contributed by atoms with Gasteiger partial charge in [0.15, 0.2) is 0 Å². The van der Waals surface area contributed by atoms with Gasteiger partial charge in [-0.05, 0) is 18.2 Å². The van der Waals surface area contributed by atoms with Gasteiger partial charge in [-0.1, -0.05) is 6.07 Å². The van der Waals surface area contributed by atoms with Crippen LogP contribution in [-0.4, -0.2) is 45.1 Å². The summed E-state index contributed by atoms with van der Waals surface area (Å²) in [5.41, 5.74) is 0.955. The molecule has 0 saturated carbocycles. The van der Waals surface area contributed by atoms with Crippen LogP contribution >= 0.6 is 0 Å². The molecule has 1 aromatic carbocycles. The second-order valence-electron chi connectivity index (χ2n) is 5.36. The molecule has 1 saturated heterocycles. The van der Waals surface area contributed by atoms with Gasteiger partial charge < -0.3 is 9.84 Å². The number of aliphatic hydroxyl groups is 1. The van der Waals surface area contributed by atoms with Crippen LogP contribution in [0.2, 0.25) is 0 Å². The minimum Gasteiger partial charge on any atom is -0.486 e. The molecule has 0 spiro atoms. The van der Waals surface area contributed by atoms with E-state index in [4.69, 9.17) is 4.74 Å². The number of nitrogens with zero attached hydrogens (tertiary/aromatic N) is 3. The Hall–Kier alpha value is -1.92. The molecule has 3 rings (SSSR count). The molecule has 2 heterocycles. The van der Waals surface area contributed by atoms with E-state index in [2.05, 4.69) is 10.00 Å². The molecule has 0 aliphatic carbocycles. The first-order valence-corrected chi connectivity index (χ1v) is 6.91. The Bertz CT molecular complexity index is 616. The average Bonchev–Trinajstić information content (AvgIpc) is 2.97. The van der Waals surface area contributed by atoms with Crippen LogP contribution in [0, 0.1) is 5.82 Å². The number of ether oxygens (including phenoxy) is 1. The molecule has 0 bridgehead atoms. The third kappa shape index (κ3) is 3.40. The Morgan fingerprint density at radius 2 is 2.24 bits per heavy atom. The van der Waals surface area contributed by atoms with Crippen molar-refractivity contribution in [2.24, 2.45) is 7.05 Å². The van der Waals surface area contributed by atoms with Crippen LogP contribution in [0.25, 0.3) is 0 Å². The SMILES string of the molecule is Cn1ccc(CN2C[C@@H](O)[C@H](Oc3cccc(F)c3)C2)n1. The summed E-state index contributed by atoms with van der Waals surface area (Å²) < 4.78 is 20.6. The van der Waals surface area contributed by atoms with Gasteiger partial charge in [-0.15, -0.1) is 0 Å². The zero-order valence-electron chi connectivity index (χ0n) is 11.8. The Morgan fingerprint density at radius 3 is 2.95 bits per heavy atom. The molecule has 1 aromatic heterocycles. The Kier molecular flexibility index (Phi) is 3.90. The monoisotopic (exact) mass is 291 g/mol. The quantitative estimate of drug-likeness (QED) is 0.919. The number of aryl methyl sites for hydroxylation is 1. The van der Waals surface area contributed by atoms with Crippen molar-refractivity contribution in [3.8, 4) is 5.75 Å². The summed E-state index contributed by atoms with van der Waals surface area (Å²) in [6, 6.07) is 7.93. The summed E-state index contributed by atoms with van der Waals surface area (Å²) in [4.78, 5) is 2.08. The van der Waals surface area contributed by atoms with E-state index >= 15 is 0 Å². The first-order chi connectivity index (χ1) is 10.1. The van der Waals surface area contributed by atoms with E-state index in [1.807, 2.05) is 19.3 Å².